The minimum atomic E-state index is -0.376. The standard InChI is InChI=1S/C19H23NO5/c1-3-22-18-12-7-14-15(24-10-23-14)8-13(12)19-5-4-11(21-2)6-16(19)20-9-17(19)25-18/h4-5,7-8,11,16-18,20H,3,6,9-10H2,1-2H3/t11-,16-,17+,18-,19+/m1/s1. The van der Waals surface area contributed by atoms with Crippen molar-refractivity contribution in [1.82, 2.24) is 5.32 Å². The normalized spacial score (nSPS) is 37.5. The molecule has 5 atom stereocenters. The number of methoxy groups -OCH3 is 1. The second-order valence-corrected chi connectivity index (χ2v) is 6.97. The van der Waals surface area contributed by atoms with E-state index in [1.54, 1.807) is 7.11 Å². The lowest BCUT2D eigenvalue weighted by Gasteiger charge is -2.46. The van der Waals surface area contributed by atoms with E-state index in [2.05, 4.69) is 23.5 Å². The SMILES string of the molecule is CCO[C@@H]1O[C@H]2CN[C@@H]3C[C@H](OC)C=C[C@@]23c2cc3c(cc21)OCO3. The molecule has 25 heavy (non-hydrogen) atoms. The number of nitrogens with one attached hydrogen (secondary N) is 1. The van der Waals surface area contributed by atoms with Crippen LogP contribution in [0.25, 0.3) is 0 Å². The van der Waals surface area contributed by atoms with E-state index in [0.29, 0.717) is 6.61 Å². The molecule has 1 spiro atoms. The third-order valence-electron chi connectivity index (χ3n) is 5.89. The van der Waals surface area contributed by atoms with E-state index < -0.39 is 0 Å². The Bertz CT molecular complexity index is 720. The van der Waals surface area contributed by atoms with E-state index in [1.807, 2.05) is 13.0 Å². The first-order chi connectivity index (χ1) is 12.3. The summed E-state index contributed by atoms with van der Waals surface area (Å²) >= 11 is 0. The lowest BCUT2D eigenvalue weighted by molar-refractivity contribution is -0.189. The maximum Gasteiger partial charge on any atom is 0.231 e. The number of benzene rings is 1. The smallest absolute Gasteiger partial charge is 0.231 e. The number of fused-ring (bicyclic) bond motifs is 2. The molecule has 0 bridgehead atoms. The number of rotatable bonds is 3. The molecule has 0 amide bonds. The van der Waals surface area contributed by atoms with Gasteiger partial charge in [-0.2, -0.15) is 0 Å². The molecule has 1 aliphatic carbocycles. The number of ether oxygens (including phenoxy) is 5. The average molecular weight is 345 g/mol. The predicted molar refractivity (Wildman–Crippen MR) is 89.8 cm³/mol. The van der Waals surface area contributed by atoms with Crippen LogP contribution in [0.3, 0.4) is 0 Å². The van der Waals surface area contributed by atoms with Crippen LogP contribution in [-0.4, -0.2) is 45.3 Å². The van der Waals surface area contributed by atoms with E-state index in [0.717, 1.165) is 30.0 Å². The monoisotopic (exact) mass is 345 g/mol. The zero-order valence-electron chi connectivity index (χ0n) is 14.5. The highest BCUT2D eigenvalue weighted by molar-refractivity contribution is 5.56. The third-order valence-corrected chi connectivity index (χ3v) is 5.89. The number of hydrogen-bond acceptors (Lipinski definition) is 6. The first-order valence-electron chi connectivity index (χ1n) is 8.93. The van der Waals surface area contributed by atoms with E-state index in [-0.39, 0.29) is 36.7 Å². The minimum Gasteiger partial charge on any atom is -0.454 e. The fourth-order valence-electron chi connectivity index (χ4n) is 4.71. The molecule has 0 unspecified atom stereocenters. The van der Waals surface area contributed by atoms with Crippen LogP contribution in [0, 0.1) is 0 Å². The van der Waals surface area contributed by atoms with Crippen LogP contribution in [0.2, 0.25) is 0 Å². The highest BCUT2D eigenvalue weighted by Crippen LogP contribution is 2.53. The summed E-state index contributed by atoms with van der Waals surface area (Å²) < 4.78 is 29.1. The molecule has 6 heteroatoms. The molecule has 1 aromatic carbocycles. The van der Waals surface area contributed by atoms with Gasteiger partial charge in [-0.3, -0.25) is 0 Å². The third kappa shape index (κ3) is 2.11. The van der Waals surface area contributed by atoms with Gasteiger partial charge in [-0.05, 0) is 31.0 Å². The average Bonchev–Trinajstić information content (AvgIpc) is 3.24. The molecule has 6 nitrogen and oxygen atoms in total. The van der Waals surface area contributed by atoms with Crippen molar-refractivity contribution in [1.29, 1.82) is 0 Å². The summed E-state index contributed by atoms with van der Waals surface area (Å²) in [5.74, 6) is 1.57. The van der Waals surface area contributed by atoms with Crippen LogP contribution in [0.5, 0.6) is 11.5 Å². The highest BCUT2D eigenvalue weighted by atomic mass is 16.7. The molecule has 1 saturated heterocycles. The Morgan fingerprint density at radius 3 is 2.92 bits per heavy atom. The maximum absolute atomic E-state index is 6.39. The van der Waals surface area contributed by atoms with Crippen LogP contribution in [0.15, 0.2) is 24.3 Å². The lowest BCUT2D eigenvalue weighted by atomic mass is 9.65. The summed E-state index contributed by atoms with van der Waals surface area (Å²) in [4.78, 5) is 0. The molecule has 4 aliphatic rings. The predicted octanol–water partition coefficient (Wildman–Crippen LogP) is 2.03. The van der Waals surface area contributed by atoms with Gasteiger partial charge < -0.3 is 29.0 Å². The van der Waals surface area contributed by atoms with Crippen molar-refractivity contribution in [2.45, 2.75) is 43.3 Å². The summed E-state index contributed by atoms with van der Waals surface area (Å²) in [6.07, 6.45) is 5.12. The van der Waals surface area contributed by atoms with Crippen molar-refractivity contribution >= 4 is 0 Å². The van der Waals surface area contributed by atoms with E-state index in [1.165, 1.54) is 5.56 Å². The topological polar surface area (TPSA) is 58.2 Å². The van der Waals surface area contributed by atoms with Crippen LogP contribution >= 0.6 is 0 Å². The van der Waals surface area contributed by atoms with Crippen molar-refractivity contribution in [3.8, 4) is 11.5 Å². The van der Waals surface area contributed by atoms with Gasteiger partial charge in [-0.1, -0.05) is 12.2 Å². The van der Waals surface area contributed by atoms with Crippen LogP contribution in [-0.2, 0) is 19.6 Å². The van der Waals surface area contributed by atoms with Gasteiger partial charge in [0, 0.05) is 31.9 Å². The van der Waals surface area contributed by atoms with E-state index in [9.17, 15) is 0 Å². The van der Waals surface area contributed by atoms with Gasteiger partial charge in [0.15, 0.2) is 17.8 Å². The van der Waals surface area contributed by atoms with Crippen molar-refractivity contribution in [2.24, 2.45) is 0 Å². The Kier molecular flexibility index (Phi) is 3.57. The Morgan fingerprint density at radius 1 is 1.28 bits per heavy atom. The number of hydrogen-bond donors (Lipinski definition) is 1. The Balaban J connectivity index is 1.68. The van der Waals surface area contributed by atoms with Gasteiger partial charge in [-0.25, -0.2) is 0 Å². The molecule has 3 aliphatic heterocycles. The maximum atomic E-state index is 6.39. The molecule has 0 radical (unpaired) electrons. The first-order valence-corrected chi connectivity index (χ1v) is 8.93. The summed E-state index contributed by atoms with van der Waals surface area (Å²) in [5, 5.41) is 3.64. The van der Waals surface area contributed by atoms with Gasteiger partial charge in [0.2, 0.25) is 6.79 Å². The minimum absolute atomic E-state index is 0.0241. The Labute approximate surface area is 147 Å². The second kappa shape index (κ2) is 5.71. The van der Waals surface area contributed by atoms with Gasteiger partial charge in [0.25, 0.3) is 0 Å². The molecule has 3 heterocycles. The van der Waals surface area contributed by atoms with Crippen LogP contribution in [0.4, 0.5) is 0 Å². The molecule has 0 aromatic heterocycles. The molecule has 0 saturated carbocycles. The van der Waals surface area contributed by atoms with Crippen molar-refractivity contribution < 1.29 is 23.7 Å². The molecular weight excluding hydrogens is 322 g/mol. The Hall–Kier alpha value is -1.60. The van der Waals surface area contributed by atoms with Gasteiger partial charge in [0.05, 0.1) is 17.6 Å². The molecule has 1 N–H and O–H groups in total. The largest absolute Gasteiger partial charge is 0.454 e. The fourth-order valence-corrected chi connectivity index (χ4v) is 4.71. The zero-order valence-corrected chi connectivity index (χ0v) is 14.5. The van der Waals surface area contributed by atoms with Gasteiger partial charge in [0.1, 0.15) is 0 Å². The first kappa shape index (κ1) is 15.6. The fraction of sp³-hybridized carbons (Fsp3) is 0.579. The van der Waals surface area contributed by atoms with Crippen molar-refractivity contribution in [3.63, 3.8) is 0 Å². The molecule has 1 aromatic rings. The lowest BCUT2D eigenvalue weighted by Crippen LogP contribution is -2.52. The molecular formula is C19H23NO5. The second-order valence-electron chi connectivity index (χ2n) is 6.97. The highest BCUT2D eigenvalue weighted by Gasteiger charge is 2.57. The van der Waals surface area contributed by atoms with Crippen LogP contribution in [0.1, 0.15) is 30.8 Å². The van der Waals surface area contributed by atoms with Crippen LogP contribution < -0.4 is 14.8 Å². The van der Waals surface area contributed by atoms with Crippen molar-refractivity contribution in [2.75, 3.05) is 27.1 Å². The molecule has 134 valence electrons. The Morgan fingerprint density at radius 2 is 2.12 bits per heavy atom. The van der Waals surface area contributed by atoms with E-state index in [4.69, 9.17) is 23.7 Å². The van der Waals surface area contributed by atoms with Gasteiger partial charge in [-0.15, -0.1) is 0 Å². The molecule has 5 rings (SSSR count). The summed E-state index contributed by atoms with van der Waals surface area (Å²) in [5.41, 5.74) is 2.03. The summed E-state index contributed by atoms with van der Waals surface area (Å²) in [6.45, 7) is 3.64. The van der Waals surface area contributed by atoms with E-state index >= 15 is 0 Å². The summed E-state index contributed by atoms with van der Waals surface area (Å²) in [7, 11) is 1.76. The molecule has 1 fully saturated rings. The van der Waals surface area contributed by atoms with Crippen molar-refractivity contribution in [3.05, 3.63) is 35.4 Å². The quantitative estimate of drug-likeness (QED) is 0.846. The zero-order chi connectivity index (χ0) is 17.0. The van der Waals surface area contributed by atoms with Gasteiger partial charge >= 0.3 is 0 Å². The summed E-state index contributed by atoms with van der Waals surface area (Å²) in [6, 6.07) is 4.40.